The molecule has 0 spiro atoms. The van der Waals surface area contributed by atoms with Crippen LogP contribution < -0.4 is 0 Å². The van der Waals surface area contributed by atoms with Crippen LogP contribution in [0.5, 0.6) is 0 Å². The molecule has 0 saturated carbocycles. The molecule has 0 aromatic rings. The maximum Gasteiger partial charge on any atom is 0.306 e. The fourth-order valence-electron chi connectivity index (χ4n) is 7.19. The van der Waals surface area contributed by atoms with E-state index in [1.807, 2.05) is 0 Å². The zero-order chi connectivity index (χ0) is 45.8. The lowest BCUT2D eigenvalue weighted by molar-refractivity contribution is -0.167. The molecule has 0 radical (unpaired) electrons. The van der Waals surface area contributed by atoms with Crippen LogP contribution in [0.25, 0.3) is 0 Å². The number of allylic oxidation sites excluding steroid dienone is 12. The molecule has 1 atom stereocenters. The maximum atomic E-state index is 12.8. The summed E-state index contributed by atoms with van der Waals surface area (Å²) in [5, 5.41) is 0. The third-order valence-corrected chi connectivity index (χ3v) is 11.2. The third kappa shape index (κ3) is 49.7. The van der Waals surface area contributed by atoms with E-state index in [9.17, 15) is 14.4 Å². The van der Waals surface area contributed by atoms with Crippen LogP contribution in [0.1, 0.15) is 252 Å². The molecule has 6 nitrogen and oxygen atoms in total. The van der Waals surface area contributed by atoms with Crippen molar-refractivity contribution in [2.45, 2.75) is 258 Å². The van der Waals surface area contributed by atoms with E-state index < -0.39 is 6.10 Å². The molecule has 0 aromatic heterocycles. The van der Waals surface area contributed by atoms with Crippen molar-refractivity contribution < 1.29 is 28.6 Å². The van der Waals surface area contributed by atoms with E-state index in [4.69, 9.17) is 14.2 Å². The molecule has 0 saturated heterocycles. The van der Waals surface area contributed by atoms with Crippen molar-refractivity contribution in [3.8, 4) is 0 Å². The van der Waals surface area contributed by atoms with Crippen molar-refractivity contribution in [3.63, 3.8) is 0 Å². The zero-order valence-electron chi connectivity index (χ0n) is 41.3. The lowest BCUT2D eigenvalue weighted by atomic mass is 10.1. The van der Waals surface area contributed by atoms with E-state index in [0.717, 1.165) is 96.3 Å². The van der Waals surface area contributed by atoms with Gasteiger partial charge < -0.3 is 14.2 Å². The predicted molar refractivity (Wildman–Crippen MR) is 270 cm³/mol. The number of rotatable bonds is 47. The number of esters is 3. The first kappa shape index (κ1) is 59.9. The Kier molecular flexibility index (Phi) is 48.9. The van der Waals surface area contributed by atoms with E-state index in [2.05, 4.69) is 93.7 Å². The summed E-state index contributed by atoms with van der Waals surface area (Å²) in [6, 6.07) is 0. The summed E-state index contributed by atoms with van der Waals surface area (Å²) in [7, 11) is 0. The van der Waals surface area contributed by atoms with Crippen molar-refractivity contribution >= 4 is 17.9 Å². The van der Waals surface area contributed by atoms with Gasteiger partial charge in [-0.2, -0.15) is 0 Å². The number of carbonyl (C=O) groups excluding carboxylic acids is 3. The van der Waals surface area contributed by atoms with Crippen molar-refractivity contribution in [3.05, 3.63) is 72.9 Å². The molecular weight excluding hydrogens is 781 g/mol. The van der Waals surface area contributed by atoms with Crippen molar-refractivity contribution in [1.29, 1.82) is 0 Å². The minimum atomic E-state index is -0.795. The summed E-state index contributed by atoms with van der Waals surface area (Å²) in [5.74, 6) is -0.933. The Balaban J connectivity index is 4.39. The van der Waals surface area contributed by atoms with Gasteiger partial charge in [0.05, 0.1) is 0 Å². The quantitative estimate of drug-likeness (QED) is 0.0262. The van der Waals surface area contributed by atoms with Gasteiger partial charge in [0, 0.05) is 19.3 Å². The van der Waals surface area contributed by atoms with Crippen LogP contribution in [0.4, 0.5) is 0 Å². The largest absolute Gasteiger partial charge is 0.462 e. The maximum absolute atomic E-state index is 12.8. The summed E-state index contributed by atoms with van der Waals surface area (Å²) in [6.07, 6.45) is 64.6. The number of hydrogen-bond donors (Lipinski definition) is 0. The molecule has 0 bridgehead atoms. The van der Waals surface area contributed by atoms with Gasteiger partial charge in [-0.3, -0.25) is 14.4 Å². The van der Waals surface area contributed by atoms with Crippen LogP contribution >= 0.6 is 0 Å². The standard InChI is InChI=1S/C57H98O6/c1-4-7-10-13-16-19-22-25-26-27-28-29-30-33-35-38-41-44-47-50-56(59)62-53-54(63-57(60)51-48-45-42-39-36-32-24-21-18-15-12-9-6-3)52-61-55(58)49-46-43-40-37-34-31-23-20-17-14-11-8-5-2/h9,12,16,18-21,23,25-26,32,36,54H,4-8,10-11,13-15,17,22,24,27-31,33-35,37-53H2,1-3H3/b12-9-,19-16-,21-18-,23-20-,26-25-,36-32-. The first-order valence-electron chi connectivity index (χ1n) is 26.4. The second-order valence-corrected chi connectivity index (χ2v) is 17.4. The molecule has 0 heterocycles. The minimum absolute atomic E-state index is 0.0921. The van der Waals surface area contributed by atoms with Gasteiger partial charge in [0.2, 0.25) is 0 Å². The molecule has 0 aromatic carbocycles. The summed E-state index contributed by atoms with van der Waals surface area (Å²) in [6.45, 7) is 6.45. The normalized spacial score (nSPS) is 12.6. The molecule has 0 rings (SSSR count). The smallest absolute Gasteiger partial charge is 0.306 e. The molecule has 1 unspecified atom stereocenters. The van der Waals surface area contributed by atoms with Crippen LogP contribution in [-0.4, -0.2) is 37.2 Å². The topological polar surface area (TPSA) is 78.9 Å². The van der Waals surface area contributed by atoms with E-state index in [1.165, 1.54) is 116 Å². The Morgan fingerprint density at radius 1 is 0.333 bits per heavy atom. The molecule has 0 fully saturated rings. The van der Waals surface area contributed by atoms with Gasteiger partial charge in [-0.1, -0.05) is 196 Å². The number of unbranched alkanes of at least 4 members (excludes halogenated alkanes) is 24. The van der Waals surface area contributed by atoms with Gasteiger partial charge in [-0.25, -0.2) is 0 Å². The lowest BCUT2D eigenvalue weighted by Crippen LogP contribution is -2.30. The Labute approximate surface area is 389 Å². The molecule has 0 aliphatic carbocycles. The summed E-state index contributed by atoms with van der Waals surface area (Å²) < 4.78 is 16.8. The average molecular weight is 879 g/mol. The fraction of sp³-hybridized carbons (Fsp3) is 0.737. The van der Waals surface area contributed by atoms with Gasteiger partial charge >= 0.3 is 17.9 Å². The Morgan fingerprint density at radius 3 is 1.03 bits per heavy atom. The predicted octanol–water partition coefficient (Wildman–Crippen LogP) is 17.4. The first-order valence-corrected chi connectivity index (χ1v) is 26.4. The highest BCUT2D eigenvalue weighted by Crippen LogP contribution is 2.14. The molecule has 0 N–H and O–H groups in total. The summed E-state index contributed by atoms with van der Waals surface area (Å²) in [5.41, 5.74) is 0. The number of carbonyl (C=O) groups is 3. The van der Waals surface area contributed by atoms with E-state index in [0.29, 0.717) is 19.3 Å². The Morgan fingerprint density at radius 2 is 0.619 bits per heavy atom. The minimum Gasteiger partial charge on any atom is -0.462 e. The number of ether oxygens (including phenoxy) is 3. The molecule has 362 valence electrons. The van der Waals surface area contributed by atoms with E-state index >= 15 is 0 Å². The second-order valence-electron chi connectivity index (χ2n) is 17.4. The van der Waals surface area contributed by atoms with Crippen molar-refractivity contribution in [1.82, 2.24) is 0 Å². The SMILES string of the molecule is CC/C=C\C/C=C\C/C=C\CCCCCC(=O)OC(COC(=O)CCCCCCC/C=C\CCCCCC)COC(=O)CCCCCCCCCCC/C=C\C/C=C\CCCCC. The van der Waals surface area contributed by atoms with Gasteiger partial charge in [0.1, 0.15) is 13.2 Å². The van der Waals surface area contributed by atoms with Gasteiger partial charge in [0.15, 0.2) is 6.10 Å². The zero-order valence-corrected chi connectivity index (χ0v) is 41.3. The highest BCUT2D eigenvalue weighted by molar-refractivity contribution is 5.71. The first-order chi connectivity index (χ1) is 31.0. The summed E-state index contributed by atoms with van der Waals surface area (Å²) >= 11 is 0. The fourth-order valence-corrected chi connectivity index (χ4v) is 7.19. The van der Waals surface area contributed by atoms with Crippen LogP contribution in [0.3, 0.4) is 0 Å². The van der Waals surface area contributed by atoms with Crippen LogP contribution in [0.2, 0.25) is 0 Å². The van der Waals surface area contributed by atoms with E-state index in [-0.39, 0.29) is 31.1 Å². The Bertz CT molecular complexity index is 1190. The van der Waals surface area contributed by atoms with Crippen LogP contribution in [0.15, 0.2) is 72.9 Å². The lowest BCUT2D eigenvalue weighted by Gasteiger charge is -2.18. The molecular formula is C57H98O6. The van der Waals surface area contributed by atoms with Gasteiger partial charge in [-0.05, 0) is 109 Å². The van der Waals surface area contributed by atoms with Gasteiger partial charge in [0.25, 0.3) is 0 Å². The molecule has 0 aliphatic rings. The van der Waals surface area contributed by atoms with Crippen LogP contribution in [-0.2, 0) is 28.6 Å². The molecule has 0 aliphatic heterocycles. The summed E-state index contributed by atoms with van der Waals surface area (Å²) in [4.78, 5) is 38.0. The van der Waals surface area contributed by atoms with Crippen molar-refractivity contribution in [2.24, 2.45) is 0 Å². The number of hydrogen-bond acceptors (Lipinski definition) is 6. The highest BCUT2D eigenvalue weighted by atomic mass is 16.6. The second kappa shape index (κ2) is 51.5. The van der Waals surface area contributed by atoms with Gasteiger partial charge in [-0.15, -0.1) is 0 Å². The molecule has 63 heavy (non-hydrogen) atoms. The Hall–Kier alpha value is -3.15. The highest BCUT2D eigenvalue weighted by Gasteiger charge is 2.19. The monoisotopic (exact) mass is 879 g/mol. The molecule has 6 heteroatoms. The average Bonchev–Trinajstić information content (AvgIpc) is 3.28. The molecule has 0 amide bonds. The third-order valence-electron chi connectivity index (χ3n) is 11.2. The van der Waals surface area contributed by atoms with Crippen molar-refractivity contribution in [2.75, 3.05) is 13.2 Å². The van der Waals surface area contributed by atoms with Crippen LogP contribution in [0, 0.1) is 0 Å². The van der Waals surface area contributed by atoms with E-state index in [1.54, 1.807) is 0 Å².